The van der Waals surface area contributed by atoms with Gasteiger partial charge < -0.3 is 15.5 Å². The van der Waals surface area contributed by atoms with Gasteiger partial charge in [0.05, 0.1) is 17.6 Å². The number of rotatable bonds is 4. The minimum absolute atomic E-state index is 0.183. The van der Waals surface area contributed by atoms with E-state index in [1.54, 1.807) is 22.8 Å². The monoisotopic (exact) mass is 269 g/mol. The topological polar surface area (TPSA) is 90.1 Å². The summed E-state index contributed by atoms with van der Waals surface area (Å²) in [5.41, 5.74) is 6.07. The van der Waals surface area contributed by atoms with E-state index < -0.39 is 6.09 Å². The van der Waals surface area contributed by atoms with Crippen molar-refractivity contribution in [2.24, 2.45) is 5.73 Å². The number of carbonyl (C=O) groups excluding carboxylic acids is 1. The number of H-pyrrole nitrogens is 1. The Bertz CT molecular complexity index is 632. The van der Waals surface area contributed by atoms with Crippen molar-refractivity contribution >= 4 is 28.7 Å². The van der Waals surface area contributed by atoms with E-state index in [9.17, 15) is 9.59 Å². The van der Waals surface area contributed by atoms with E-state index in [1.807, 2.05) is 0 Å². The zero-order valence-corrected chi connectivity index (χ0v) is 10.2. The van der Waals surface area contributed by atoms with Crippen molar-refractivity contribution in [3.8, 4) is 0 Å². The number of hydrogen-bond donors (Lipinski definition) is 2. The van der Waals surface area contributed by atoms with Gasteiger partial charge >= 0.3 is 11.8 Å². The van der Waals surface area contributed by atoms with Crippen LogP contribution in [0.2, 0.25) is 5.02 Å². The molecule has 0 atom stereocenters. The minimum Gasteiger partial charge on any atom is -0.450 e. The van der Waals surface area contributed by atoms with Crippen molar-refractivity contribution in [1.82, 2.24) is 9.55 Å². The van der Waals surface area contributed by atoms with Gasteiger partial charge in [0, 0.05) is 11.6 Å². The minimum atomic E-state index is -0.812. The third-order valence-corrected chi connectivity index (χ3v) is 2.74. The molecule has 0 radical (unpaired) electrons. The maximum atomic E-state index is 11.7. The molecule has 0 aliphatic carbocycles. The van der Waals surface area contributed by atoms with Gasteiger partial charge in [0.15, 0.2) is 0 Å². The van der Waals surface area contributed by atoms with Gasteiger partial charge in [-0.2, -0.15) is 0 Å². The van der Waals surface area contributed by atoms with Gasteiger partial charge in [-0.05, 0) is 24.6 Å². The first-order chi connectivity index (χ1) is 8.58. The van der Waals surface area contributed by atoms with Gasteiger partial charge in [0.1, 0.15) is 0 Å². The van der Waals surface area contributed by atoms with Crippen LogP contribution in [0, 0.1) is 0 Å². The van der Waals surface area contributed by atoms with E-state index in [0.717, 1.165) is 5.52 Å². The van der Waals surface area contributed by atoms with Gasteiger partial charge in [0.2, 0.25) is 0 Å². The van der Waals surface area contributed by atoms with E-state index >= 15 is 0 Å². The summed E-state index contributed by atoms with van der Waals surface area (Å²) in [5.74, 6) is 0. The van der Waals surface area contributed by atoms with Gasteiger partial charge in [-0.25, -0.2) is 9.59 Å². The quantitative estimate of drug-likeness (QED) is 0.824. The largest absolute Gasteiger partial charge is 0.450 e. The standard InChI is InChI=1S/C11H12ClN3O3/c12-7-2-3-9-8(6-7)14-11(17)15(9)4-1-5-18-10(13)16/h2-3,6H,1,4-5H2,(H2,13,16)(H,14,17). The van der Waals surface area contributed by atoms with Crippen LogP contribution >= 0.6 is 11.6 Å². The molecule has 1 amide bonds. The second kappa shape index (κ2) is 5.14. The number of aryl methyl sites for hydroxylation is 1. The van der Waals surface area contributed by atoms with Crippen LogP contribution in [-0.4, -0.2) is 22.3 Å². The summed E-state index contributed by atoms with van der Waals surface area (Å²) >= 11 is 5.84. The number of hydrogen-bond acceptors (Lipinski definition) is 3. The molecule has 2 aromatic rings. The molecular formula is C11H12ClN3O3. The number of nitrogens with two attached hydrogens (primary N) is 1. The van der Waals surface area contributed by atoms with Crippen LogP contribution in [0.15, 0.2) is 23.0 Å². The summed E-state index contributed by atoms with van der Waals surface area (Å²) in [6.07, 6.45) is -0.300. The average molecular weight is 270 g/mol. The number of aromatic amines is 1. The molecule has 0 spiro atoms. The predicted molar refractivity (Wildman–Crippen MR) is 67.7 cm³/mol. The van der Waals surface area contributed by atoms with E-state index in [0.29, 0.717) is 23.5 Å². The Morgan fingerprint density at radius 2 is 2.28 bits per heavy atom. The highest BCUT2D eigenvalue weighted by atomic mass is 35.5. The van der Waals surface area contributed by atoms with Crippen molar-refractivity contribution in [2.45, 2.75) is 13.0 Å². The molecule has 7 heteroatoms. The highest BCUT2D eigenvalue weighted by Crippen LogP contribution is 2.16. The Labute approximate surface area is 107 Å². The Morgan fingerprint density at radius 1 is 1.50 bits per heavy atom. The zero-order valence-electron chi connectivity index (χ0n) is 9.48. The lowest BCUT2D eigenvalue weighted by Gasteiger charge is -2.03. The number of halogens is 1. The molecule has 96 valence electrons. The molecule has 0 bridgehead atoms. The average Bonchev–Trinajstić information content (AvgIpc) is 2.59. The summed E-state index contributed by atoms with van der Waals surface area (Å²) in [5, 5.41) is 0.563. The molecular weight excluding hydrogens is 258 g/mol. The summed E-state index contributed by atoms with van der Waals surface area (Å²) in [4.78, 5) is 24.8. The van der Waals surface area contributed by atoms with E-state index in [1.165, 1.54) is 0 Å². The fourth-order valence-corrected chi connectivity index (χ4v) is 1.93. The Balaban J connectivity index is 2.15. The third-order valence-electron chi connectivity index (χ3n) is 2.51. The number of primary amides is 1. The lowest BCUT2D eigenvalue weighted by Crippen LogP contribution is -2.19. The second-order valence-electron chi connectivity index (χ2n) is 3.76. The summed E-state index contributed by atoms with van der Waals surface area (Å²) in [6.45, 7) is 0.621. The molecule has 0 aliphatic heterocycles. The molecule has 1 aromatic heterocycles. The van der Waals surface area contributed by atoms with Crippen LogP contribution in [0.3, 0.4) is 0 Å². The molecule has 0 unspecified atom stereocenters. The zero-order chi connectivity index (χ0) is 13.1. The maximum absolute atomic E-state index is 11.7. The van der Waals surface area contributed by atoms with Crippen molar-refractivity contribution in [1.29, 1.82) is 0 Å². The van der Waals surface area contributed by atoms with E-state index in [4.69, 9.17) is 17.3 Å². The van der Waals surface area contributed by atoms with Crippen LogP contribution in [0.4, 0.5) is 4.79 Å². The van der Waals surface area contributed by atoms with Gasteiger partial charge in [0.25, 0.3) is 0 Å². The molecule has 0 saturated heterocycles. The summed E-state index contributed by atoms with van der Waals surface area (Å²) < 4.78 is 6.17. The number of amides is 1. The number of nitrogens with zero attached hydrogens (tertiary/aromatic N) is 1. The first-order valence-corrected chi connectivity index (χ1v) is 5.76. The second-order valence-corrected chi connectivity index (χ2v) is 4.20. The fourth-order valence-electron chi connectivity index (χ4n) is 1.75. The molecule has 1 heterocycles. The van der Waals surface area contributed by atoms with Crippen molar-refractivity contribution < 1.29 is 9.53 Å². The molecule has 3 N–H and O–H groups in total. The number of imidazole rings is 1. The Morgan fingerprint density at radius 3 is 3.00 bits per heavy atom. The molecule has 2 rings (SSSR count). The van der Waals surface area contributed by atoms with Gasteiger partial charge in [-0.3, -0.25) is 4.57 Å². The van der Waals surface area contributed by atoms with E-state index in [2.05, 4.69) is 9.72 Å². The fraction of sp³-hybridized carbons (Fsp3) is 0.273. The Hall–Kier alpha value is -1.95. The molecule has 6 nitrogen and oxygen atoms in total. The molecule has 1 aromatic carbocycles. The van der Waals surface area contributed by atoms with Crippen molar-refractivity contribution in [3.63, 3.8) is 0 Å². The van der Waals surface area contributed by atoms with Crippen molar-refractivity contribution in [3.05, 3.63) is 33.7 Å². The highest BCUT2D eigenvalue weighted by molar-refractivity contribution is 6.31. The number of ether oxygens (including phenoxy) is 1. The molecule has 0 saturated carbocycles. The molecule has 0 aliphatic rings. The third kappa shape index (κ3) is 2.65. The number of aromatic nitrogens is 2. The SMILES string of the molecule is NC(=O)OCCCn1c(=O)[nH]c2cc(Cl)ccc21. The smallest absolute Gasteiger partial charge is 0.404 e. The maximum Gasteiger partial charge on any atom is 0.404 e. The molecule has 0 fully saturated rings. The van der Waals surface area contributed by atoms with Crippen LogP contribution in [0.1, 0.15) is 6.42 Å². The lowest BCUT2D eigenvalue weighted by molar-refractivity contribution is 0.153. The number of nitrogens with one attached hydrogen (secondary N) is 1. The summed E-state index contributed by atoms with van der Waals surface area (Å²) in [7, 11) is 0. The molecule has 18 heavy (non-hydrogen) atoms. The first kappa shape index (κ1) is 12.5. The van der Waals surface area contributed by atoms with Crippen LogP contribution in [0.5, 0.6) is 0 Å². The number of benzene rings is 1. The Kier molecular flexibility index (Phi) is 3.57. The van der Waals surface area contributed by atoms with Crippen LogP contribution < -0.4 is 11.4 Å². The number of fused-ring (bicyclic) bond motifs is 1. The first-order valence-electron chi connectivity index (χ1n) is 5.38. The predicted octanol–water partition coefficient (Wildman–Crippen LogP) is 1.47. The van der Waals surface area contributed by atoms with Gasteiger partial charge in [-0.1, -0.05) is 11.6 Å². The number of carbonyl (C=O) groups is 1. The van der Waals surface area contributed by atoms with E-state index in [-0.39, 0.29) is 12.3 Å². The van der Waals surface area contributed by atoms with Crippen molar-refractivity contribution in [2.75, 3.05) is 6.61 Å². The highest BCUT2D eigenvalue weighted by Gasteiger charge is 2.06. The summed E-state index contributed by atoms with van der Waals surface area (Å²) in [6, 6.07) is 5.17. The van der Waals surface area contributed by atoms with Gasteiger partial charge in [-0.15, -0.1) is 0 Å². The van der Waals surface area contributed by atoms with Crippen LogP contribution in [0.25, 0.3) is 11.0 Å². The van der Waals surface area contributed by atoms with Crippen LogP contribution in [-0.2, 0) is 11.3 Å². The normalized spacial score (nSPS) is 10.7. The lowest BCUT2D eigenvalue weighted by atomic mass is 10.3.